The summed E-state index contributed by atoms with van der Waals surface area (Å²) in [6.07, 6.45) is -1.48. The molecule has 0 spiro atoms. The standard InChI is InChI=1S/C15H16F3N3O2/c1-11-6-22-14(23-7-11,8-21-10-19-9-20-21)12-2-4-13(5-3-12)15(16,17)18/h2-5,9-11H,6-8H2,1H3. The lowest BCUT2D eigenvalue weighted by Crippen LogP contribution is -2.44. The van der Waals surface area contributed by atoms with E-state index in [2.05, 4.69) is 10.1 Å². The maximum absolute atomic E-state index is 12.7. The van der Waals surface area contributed by atoms with Crippen LogP contribution in [-0.4, -0.2) is 28.0 Å². The molecule has 0 atom stereocenters. The minimum atomic E-state index is -4.37. The molecule has 1 aromatic heterocycles. The molecule has 1 aliphatic heterocycles. The Hall–Kier alpha value is -1.93. The monoisotopic (exact) mass is 327 g/mol. The predicted molar refractivity (Wildman–Crippen MR) is 74.2 cm³/mol. The maximum atomic E-state index is 12.7. The molecule has 3 rings (SSSR count). The molecule has 23 heavy (non-hydrogen) atoms. The molecule has 8 heteroatoms. The first-order chi connectivity index (χ1) is 10.9. The van der Waals surface area contributed by atoms with E-state index < -0.39 is 17.5 Å². The van der Waals surface area contributed by atoms with Crippen LogP contribution in [0.5, 0.6) is 0 Å². The van der Waals surface area contributed by atoms with Crippen molar-refractivity contribution < 1.29 is 22.6 Å². The third-order valence-electron chi connectivity index (χ3n) is 3.69. The normalized spacial score (nSPS) is 25.5. The zero-order valence-electron chi connectivity index (χ0n) is 12.5. The Bertz CT molecular complexity index is 633. The summed E-state index contributed by atoms with van der Waals surface area (Å²) in [5, 5.41) is 4.02. The number of hydrogen-bond acceptors (Lipinski definition) is 4. The zero-order chi connectivity index (χ0) is 16.5. The highest BCUT2D eigenvalue weighted by atomic mass is 19.4. The molecular weight excluding hydrogens is 311 g/mol. The number of nitrogens with zero attached hydrogens (tertiary/aromatic N) is 3. The van der Waals surface area contributed by atoms with Crippen LogP contribution in [0.1, 0.15) is 18.1 Å². The lowest BCUT2D eigenvalue weighted by Gasteiger charge is -2.39. The van der Waals surface area contributed by atoms with E-state index in [0.717, 1.165) is 12.1 Å². The minimum Gasteiger partial charge on any atom is -0.344 e. The molecule has 0 aliphatic carbocycles. The van der Waals surface area contributed by atoms with Gasteiger partial charge in [-0.3, -0.25) is 0 Å². The summed E-state index contributed by atoms with van der Waals surface area (Å²) in [4.78, 5) is 3.87. The van der Waals surface area contributed by atoms with Crippen molar-refractivity contribution in [2.24, 2.45) is 5.92 Å². The van der Waals surface area contributed by atoms with Crippen molar-refractivity contribution in [1.82, 2.24) is 14.8 Å². The smallest absolute Gasteiger partial charge is 0.344 e. The van der Waals surface area contributed by atoms with Gasteiger partial charge in [0.1, 0.15) is 19.2 Å². The topological polar surface area (TPSA) is 49.2 Å². The Morgan fingerprint density at radius 3 is 2.39 bits per heavy atom. The van der Waals surface area contributed by atoms with Crippen LogP contribution in [0.25, 0.3) is 0 Å². The molecule has 124 valence electrons. The van der Waals surface area contributed by atoms with Crippen LogP contribution in [0.4, 0.5) is 13.2 Å². The van der Waals surface area contributed by atoms with Crippen LogP contribution >= 0.6 is 0 Å². The predicted octanol–water partition coefficient (Wildman–Crippen LogP) is 2.83. The van der Waals surface area contributed by atoms with Crippen LogP contribution in [0.15, 0.2) is 36.9 Å². The number of rotatable bonds is 3. The molecule has 0 N–H and O–H groups in total. The van der Waals surface area contributed by atoms with Crippen LogP contribution < -0.4 is 0 Å². The van der Waals surface area contributed by atoms with Gasteiger partial charge in [-0.25, -0.2) is 9.67 Å². The van der Waals surface area contributed by atoms with Crippen molar-refractivity contribution >= 4 is 0 Å². The number of aromatic nitrogens is 3. The minimum absolute atomic E-state index is 0.213. The summed E-state index contributed by atoms with van der Waals surface area (Å²) >= 11 is 0. The fraction of sp³-hybridized carbons (Fsp3) is 0.467. The van der Waals surface area contributed by atoms with Gasteiger partial charge in [0, 0.05) is 11.5 Å². The quantitative estimate of drug-likeness (QED) is 0.870. The molecule has 0 amide bonds. The molecule has 1 aromatic carbocycles. The first-order valence-electron chi connectivity index (χ1n) is 7.17. The third-order valence-corrected chi connectivity index (χ3v) is 3.69. The Labute approximate surface area is 131 Å². The van der Waals surface area contributed by atoms with E-state index in [9.17, 15) is 13.2 Å². The number of halogens is 3. The lowest BCUT2D eigenvalue weighted by molar-refractivity contribution is -0.298. The second-order valence-electron chi connectivity index (χ2n) is 5.65. The summed E-state index contributed by atoms with van der Waals surface area (Å²) in [6.45, 7) is 3.10. The SMILES string of the molecule is CC1COC(Cn2cncn2)(c2ccc(C(F)(F)F)cc2)OC1. The number of ether oxygens (including phenoxy) is 2. The highest BCUT2D eigenvalue weighted by Gasteiger charge is 2.40. The van der Waals surface area contributed by atoms with Crippen LogP contribution in [0.3, 0.4) is 0 Å². The van der Waals surface area contributed by atoms with E-state index in [1.54, 1.807) is 0 Å². The van der Waals surface area contributed by atoms with Gasteiger partial charge in [0.25, 0.3) is 0 Å². The molecule has 2 aromatic rings. The first kappa shape index (κ1) is 15.9. The summed E-state index contributed by atoms with van der Waals surface area (Å²) < 4.78 is 51.5. The second kappa shape index (κ2) is 5.93. The van der Waals surface area contributed by atoms with Gasteiger partial charge in [0.2, 0.25) is 5.79 Å². The zero-order valence-corrected chi connectivity index (χ0v) is 12.5. The van der Waals surface area contributed by atoms with Crippen molar-refractivity contribution in [1.29, 1.82) is 0 Å². The van der Waals surface area contributed by atoms with Gasteiger partial charge in [0.05, 0.1) is 18.8 Å². The van der Waals surface area contributed by atoms with Crippen LogP contribution in [0, 0.1) is 5.92 Å². The highest BCUT2D eigenvalue weighted by Crippen LogP contribution is 2.36. The fourth-order valence-electron chi connectivity index (χ4n) is 2.43. The lowest BCUT2D eigenvalue weighted by atomic mass is 10.0. The van der Waals surface area contributed by atoms with Gasteiger partial charge in [-0.2, -0.15) is 18.3 Å². The third kappa shape index (κ3) is 3.37. The number of alkyl halides is 3. The van der Waals surface area contributed by atoms with E-state index >= 15 is 0 Å². The largest absolute Gasteiger partial charge is 0.416 e. The van der Waals surface area contributed by atoms with Gasteiger partial charge in [-0.1, -0.05) is 19.1 Å². The van der Waals surface area contributed by atoms with Crippen molar-refractivity contribution in [2.45, 2.75) is 25.4 Å². The second-order valence-corrected chi connectivity index (χ2v) is 5.65. The van der Waals surface area contributed by atoms with Gasteiger partial charge in [-0.15, -0.1) is 0 Å². The molecule has 1 saturated heterocycles. The van der Waals surface area contributed by atoms with E-state index in [1.807, 2.05) is 6.92 Å². The van der Waals surface area contributed by atoms with E-state index in [-0.39, 0.29) is 12.5 Å². The summed E-state index contributed by atoms with van der Waals surface area (Å²) in [6, 6.07) is 4.83. The molecule has 2 heterocycles. The average molecular weight is 327 g/mol. The average Bonchev–Trinajstić information content (AvgIpc) is 3.02. The maximum Gasteiger partial charge on any atom is 0.416 e. The van der Waals surface area contributed by atoms with Gasteiger partial charge in [0.15, 0.2) is 0 Å². The van der Waals surface area contributed by atoms with E-state index in [0.29, 0.717) is 18.8 Å². The first-order valence-corrected chi connectivity index (χ1v) is 7.17. The Morgan fingerprint density at radius 2 is 1.87 bits per heavy atom. The Balaban J connectivity index is 1.92. The number of hydrogen-bond donors (Lipinski definition) is 0. The summed E-state index contributed by atoms with van der Waals surface area (Å²) in [5.74, 6) is -0.946. The van der Waals surface area contributed by atoms with Crippen molar-refractivity contribution in [3.05, 3.63) is 48.0 Å². The van der Waals surface area contributed by atoms with Crippen molar-refractivity contribution in [2.75, 3.05) is 13.2 Å². The molecule has 0 bridgehead atoms. The molecule has 0 unspecified atom stereocenters. The van der Waals surface area contributed by atoms with E-state index in [4.69, 9.17) is 9.47 Å². The molecule has 0 saturated carbocycles. The van der Waals surface area contributed by atoms with Crippen LogP contribution in [-0.2, 0) is 28.0 Å². The Kier molecular flexibility index (Phi) is 4.11. The Morgan fingerprint density at radius 1 is 1.22 bits per heavy atom. The van der Waals surface area contributed by atoms with E-state index in [1.165, 1.54) is 29.5 Å². The van der Waals surface area contributed by atoms with Gasteiger partial charge in [-0.05, 0) is 12.1 Å². The molecular formula is C15H16F3N3O2. The molecule has 1 aliphatic rings. The summed E-state index contributed by atoms with van der Waals surface area (Å²) in [5.41, 5.74) is -0.186. The summed E-state index contributed by atoms with van der Waals surface area (Å²) in [7, 11) is 0. The molecule has 5 nitrogen and oxygen atoms in total. The van der Waals surface area contributed by atoms with Crippen LogP contribution in [0.2, 0.25) is 0 Å². The van der Waals surface area contributed by atoms with Crippen molar-refractivity contribution in [3.63, 3.8) is 0 Å². The fourth-order valence-corrected chi connectivity index (χ4v) is 2.43. The number of benzene rings is 1. The van der Waals surface area contributed by atoms with Gasteiger partial charge >= 0.3 is 6.18 Å². The molecule has 0 radical (unpaired) electrons. The molecule has 1 fully saturated rings. The van der Waals surface area contributed by atoms with Crippen molar-refractivity contribution in [3.8, 4) is 0 Å². The highest BCUT2D eigenvalue weighted by molar-refractivity contribution is 5.28. The van der Waals surface area contributed by atoms with Gasteiger partial charge < -0.3 is 9.47 Å².